The molecule has 0 fully saturated rings. The molecule has 0 aliphatic carbocycles. The first-order valence-corrected chi connectivity index (χ1v) is 8.76. The number of nitrogens with zero attached hydrogens (tertiary/aromatic N) is 3. The summed E-state index contributed by atoms with van der Waals surface area (Å²) in [6, 6.07) is 19.6. The normalized spacial score (nSPS) is 11.2. The maximum atomic E-state index is 12.7. The lowest BCUT2D eigenvalue weighted by molar-refractivity contribution is 0.830. The van der Waals surface area contributed by atoms with Gasteiger partial charge in [-0.3, -0.25) is 4.79 Å². The first-order valence-electron chi connectivity index (χ1n) is 7.96. The third-order valence-corrected chi connectivity index (χ3v) is 4.94. The molecule has 0 spiro atoms. The van der Waals surface area contributed by atoms with Gasteiger partial charge in [0.2, 0.25) is 5.78 Å². The van der Waals surface area contributed by atoms with Crippen molar-refractivity contribution in [1.29, 1.82) is 0 Å². The molecule has 25 heavy (non-hydrogen) atoms. The molecule has 2 aromatic heterocycles. The molecule has 0 amide bonds. The number of fused-ring (bicyclic) bond motifs is 1. The molecule has 0 saturated carbocycles. The number of halogens is 1. The van der Waals surface area contributed by atoms with Crippen LogP contribution in [0.15, 0.2) is 69.9 Å². The minimum absolute atomic E-state index is 0.0692. The monoisotopic (exact) mass is 393 g/mol. The molecular weight excluding hydrogens is 378 g/mol. The van der Waals surface area contributed by atoms with Crippen molar-refractivity contribution in [3.63, 3.8) is 0 Å². The van der Waals surface area contributed by atoms with Crippen LogP contribution < -0.4 is 5.56 Å². The van der Waals surface area contributed by atoms with Crippen LogP contribution in [0.3, 0.4) is 0 Å². The zero-order valence-corrected chi connectivity index (χ0v) is 15.5. The summed E-state index contributed by atoms with van der Waals surface area (Å²) in [7, 11) is 1.93. The van der Waals surface area contributed by atoms with Crippen LogP contribution in [0.5, 0.6) is 0 Å². The second-order valence-electron chi connectivity index (χ2n) is 6.00. The Kier molecular flexibility index (Phi) is 3.81. The molecule has 0 atom stereocenters. The summed E-state index contributed by atoms with van der Waals surface area (Å²) in [5, 5.41) is 0. The minimum Gasteiger partial charge on any atom is -0.319 e. The van der Waals surface area contributed by atoms with Gasteiger partial charge in [-0.1, -0.05) is 58.4 Å². The number of hydrogen-bond donors (Lipinski definition) is 0. The summed E-state index contributed by atoms with van der Waals surface area (Å²) in [4.78, 5) is 17.6. The van der Waals surface area contributed by atoms with E-state index >= 15 is 0 Å². The second-order valence-corrected chi connectivity index (χ2v) is 6.92. The topological polar surface area (TPSA) is 39.3 Å². The highest BCUT2D eigenvalue weighted by molar-refractivity contribution is 9.10. The number of aryl methyl sites for hydroxylation is 2. The van der Waals surface area contributed by atoms with Gasteiger partial charge in [0.1, 0.15) is 0 Å². The summed E-state index contributed by atoms with van der Waals surface area (Å²) in [5.74, 6) is 0.641. The van der Waals surface area contributed by atoms with Gasteiger partial charge in [-0.05, 0) is 19.1 Å². The van der Waals surface area contributed by atoms with Crippen LogP contribution in [0, 0.1) is 6.92 Å². The Morgan fingerprint density at radius 1 is 0.960 bits per heavy atom. The maximum Gasteiger partial charge on any atom is 0.259 e. The van der Waals surface area contributed by atoms with Crippen molar-refractivity contribution in [2.75, 3.05) is 0 Å². The van der Waals surface area contributed by atoms with Crippen molar-refractivity contribution in [2.24, 2.45) is 7.05 Å². The van der Waals surface area contributed by atoms with E-state index in [-0.39, 0.29) is 5.56 Å². The van der Waals surface area contributed by atoms with Gasteiger partial charge in [0.15, 0.2) is 0 Å². The van der Waals surface area contributed by atoms with Crippen LogP contribution in [0.2, 0.25) is 0 Å². The van der Waals surface area contributed by atoms with E-state index in [0.29, 0.717) is 5.78 Å². The van der Waals surface area contributed by atoms with Crippen molar-refractivity contribution in [3.05, 3.63) is 81.2 Å². The molecule has 0 unspecified atom stereocenters. The third kappa shape index (κ3) is 2.61. The SMILES string of the molecule is Cc1cc(=O)n2c(-c3ccccc3)c(-c3ccc(Br)cc3)nc2n1C. The summed E-state index contributed by atoms with van der Waals surface area (Å²) >= 11 is 3.47. The lowest BCUT2D eigenvalue weighted by Gasteiger charge is -2.08. The number of hydrogen-bond acceptors (Lipinski definition) is 2. The van der Waals surface area contributed by atoms with E-state index in [9.17, 15) is 4.79 Å². The average molecular weight is 394 g/mol. The Morgan fingerprint density at radius 3 is 2.32 bits per heavy atom. The highest BCUT2D eigenvalue weighted by Gasteiger charge is 2.19. The Balaban J connectivity index is 2.15. The zero-order chi connectivity index (χ0) is 17.6. The summed E-state index contributed by atoms with van der Waals surface area (Å²) in [5.41, 5.74) is 4.37. The molecule has 2 heterocycles. The number of rotatable bonds is 2. The summed E-state index contributed by atoms with van der Waals surface area (Å²) in [6.45, 7) is 1.91. The molecule has 124 valence electrons. The predicted molar refractivity (Wildman–Crippen MR) is 104 cm³/mol. The van der Waals surface area contributed by atoms with Crippen molar-refractivity contribution in [3.8, 4) is 22.5 Å². The van der Waals surface area contributed by atoms with E-state index in [1.807, 2.05) is 73.1 Å². The fourth-order valence-corrected chi connectivity index (χ4v) is 3.28. The Hall–Kier alpha value is -2.66. The second kappa shape index (κ2) is 6.01. The molecule has 0 saturated heterocycles. The molecule has 0 N–H and O–H groups in total. The van der Waals surface area contributed by atoms with E-state index in [1.165, 1.54) is 0 Å². The van der Waals surface area contributed by atoms with Gasteiger partial charge in [0.05, 0.1) is 11.4 Å². The van der Waals surface area contributed by atoms with E-state index in [1.54, 1.807) is 10.5 Å². The molecule has 0 aliphatic heterocycles. The van der Waals surface area contributed by atoms with Gasteiger partial charge in [-0.25, -0.2) is 9.38 Å². The van der Waals surface area contributed by atoms with Crippen LogP contribution in [-0.4, -0.2) is 14.0 Å². The molecule has 4 aromatic rings. The number of imidazole rings is 1. The largest absolute Gasteiger partial charge is 0.319 e. The van der Waals surface area contributed by atoms with Crippen molar-refractivity contribution in [1.82, 2.24) is 14.0 Å². The van der Waals surface area contributed by atoms with E-state index in [4.69, 9.17) is 4.98 Å². The van der Waals surface area contributed by atoms with E-state index < -0.39 is 0 Å². The van der Waals surface area contributed by atoms with E-state index in [2.05, 4.69) is 15.9 Å². The van der Waals surface area contributed by atoms with Crippen LogP contribution >= 0.6 is 15.9 Å². The van der Waals surface area contributed by atoms with Crippen LogP contribution in [0.1, 0.15) is 5.69 Å². The molecule has 5 heteroatoms. The lowest BCUT2D eigenvalue weighted by Crippen LogP contribution is -2.18. The van der Waals surface area contributed by atoms with Crippen molar-refractivity contribution in [2.45, 2.75) is 6.92 Å². The van der Waals surface area contributed by atoms with Gasteiger partial charge < -0.3 is 4.57 Å². The molecule has 0 bridgehead atoms. The Morgan fingerprint density at radius 2 is 1.64 bits per heavy atom. The Labute approximate surface area is 153 Å². The smallest absolute Gasteiger partial charge is 0.259 e. The molecular formula is C20H16BrN3O. The maximum absolute atomic E-state index is 12.7. The summed E-state index contributed by atoms with van der Waals surface area (Å²) < 4.78 is 4.64. The highest BCUT2D eigenvalue weighted by Crippen LogP contribution is 2.32. The minimum atomic E-state index is -0.0692. The summed E-state index contributed by atoms with van der Waals surface area (Å²) in [6.07, 6.45) is 0. The van der Waals surface area contributed by atoms with E-state index in [0.717, 1.165) is 32.7 Å². The van der Waals surface area contributed by atoms with Gasteiger partial charge in [0, 0.05) is 34.4 Å². The standard InChI is InChI=1S/C20H16BrN3O/c1-13-12-17(25)24-19(15-6-4-3-5-7-15)18(22-20(24)23(13)2)14-8-10-16(21)11-9-14/h3-12H,1-2H3. The Bertz CT molecular complexity index is 1130. The number of aromatic nitrogens is 3. The van der Waals surface area contributed by atoms with Crippen LogP contribution in [-0.2, 0) is 7.05 Å². The molecule has 0 radical (unpaired) electrons. The van der Waals surface area contributed by atoms with Crippen molar-refractivity contribution >= 4 is 21.7 Å². The fraction of sp³-hybridized carbons (Fsp3) is 0.100. The lowest BCUT2D eigenvalue weighted by atomic mass is 10.1. The van der Waals surface area contributed by atoms with Crippen LogP contribution in [0.25, 0.3) is 28.3 Å². The molecule has 4 nitrogen and oxygen atoms in total. The van der Waals surface area contributed by atoms with Gasteiger partial charge in [0.25, 0.3) is 5.56 Å². The van der Waals surface area contributed by atoms with Gasteiger partial charge in [-0.15, -0.1) is 0 Å². The fourth-order valence-electron chi connectivity index (χ4n) is 3.01. The first kappa shape index (κ1) is 15.8. The van der Waals surface area contributed by atoms with Crippen LogP contribution in [0.4, 0.5) is 0 Å². The predicted octanol–water partition coefficient (Wildman–Crippen LogP) is 4.44. The molecule has 0 aliphatic rings. The van der Waals surface area contributed by atoms with Gasteiger partial charge in [-0.2, -0.15) is 0 Å². The number of benzene rings is 2. The first-order chi connectivity index (χ1) is 12.1. The molecule has 2 aromatic carbocycles. The van der Waals surface area contributed by atoms with Crippen molar-refractivity contribution < 1.29 is 0 Å². The highest BCUT2D eigenvalue weighted by atomic mass is 79.9. The quantitative estimate of drug-likeness (QED) is 0.504. The zero-order valence-electron chi connectivity index (χ0n) is 13.9. The third-order valence-electron chi connectivity index (χ3n) is 4.41. The average Bonchev–Trinajstić information content (AvgIpc) is 3.02. The molecule has 4 rings (SSSR count). The van der Waals surface area contributed by atoms with Gasteiger partial charge >= 0.3 is 0 Å².